The fourth-order valence-corrected chi connectivity index (χ4v) is 2.84. The van der Waals surface area contributed by atoms with Gasteiger partial charge in [-0.05, 0) is 12.0 Å². The first-order valence-corrected chi connectivity index (χ1v) is 7.94. The Balaban J connectivity index is 1.46. The molecule has 7 nitrogen and oxygen atoms in total. The summed E-state index contributed by atoms with van der Waals surface area (Å²) in [6, 6.07) is 8.77. The molecule has 0 aliphatic carbocycles. The first-order valence-electron chi connectivity index (χ1n) is 7.94. The fourth-order valence-electron chi connectivity index (χ4n) is 2.84. The summed E-state index contributed by atoms with van der Waals surface area (Å²) in [5.74, 6) is -1.000. The molecule has 128 valence electrons. The molecule has 2 aliphatic rings. The van der Waals surface area contributed by atoms with Crippen LogP contribution >= 0.6 is 0 Å². The molecule has 24 heavy (non-hydrogen) atoms. The maximum Gasteiger partial charge on any atom is 0.330 e. The minimum absolute atomic E-state index is 0.219. The smallest absolute Gasteiger partial charge is 0.330 e. The van der Waals surface area contributed by atoms with E-state index in [0.29, 0.717) is 26.1 Å². The average molecular weight is 332 g/mol. The lowest BCUT2D eigenvalue weighted by Crippen LogP contribution is -2.35. The average Bonchev–Trinajstić information content (AvgIpc) is 3.27. The Bertz CT molecular complexity index is 633. The zero-order chi connectivity index (χ0) is 17.1. The molecule has 1 aromatic rings. The number of benzene rings is 1. The second-order valence-electron chi connectivity index (χ2n) is 6.00. The fraction of sp³-hybridized carbons (Fsp3) is 0.471. The second-order valence-corrected chi connectivity index (χ2v) is 6.00. The third-order valence-corrected chi connectivity index (χ3v) is 4.35. The van der Waals surface area contributed by atoms with Gasteiger partial charge in [0.2, 0.25) is 0 Å². The van der Waals surface area contributed by atoms with E-state index in [9.17, 15) is 14.4 Å². The number of urea groups is 1. The highest BCUT2D eigenvalue weighted by atomic mass is 16.5. The maximum atomic E-state index is 12.3. The standard InChI is InChI=1S/C17H20N2O5/c1-23-16(21)14-10-19(14)17(22)18-8-7-13(9-18)15(20)24-11-12-5-3-2-4-6-12/h2-6,13-14H,7-11H2,1H3/t13-,14+,19?/m0/s1. The molecule has 0 radical (unpaired) electrons. The minimum Gasteiger partial charge on any atom is -0.467 e. The van der Waals surface area contributed by atoms with Crippen molar-refractivity contribution in [3.63, 3.8) is 0 Å². The van der Waals surface area contributed by atoms with E-state index in [1.54, 1.807) is 4.90 Å². The van der Waals surface area contributed by atoms with E-state index in [4.69, 9.17) is 4.74 Å². The number of methoxy groups -OCH3 is 1. The summed E-state index contributed by atoms with van der Waals surface area (Å²) < 4.78 is 9.95. The SMILES string of the molecule is COC(=O)[C@H]1CN1C(=O)N1CC[C@H](C(=O)OCc2ccccc2)C1. The summed E-state index contributed by atoms with van der Waals surface area (Å²) in [7, 11) is 1.30. The highest BCUT2D eigenvalue weighted by molar-refractivity contribution is 5.89. The van der Waals surface area contributed by atoms with Crippen molar-refractivity contribution >= 4 is 18.0 Å². The van der Waals surface area contributed by atoms with Gasteiger partial charge in [0, 0.05) is 13.1 Å². The Hall–Kier alpha value is -2.57. The van der Waals surface area contributed by atoms with Crippen molar-refractivity contribution in [2.24, 2.45) is 5.92 Å². The summed E-state index contributed by atoms with van der Waals surface area (Å²) in [5, 5.41) is 0. The summed E-state index contributed by atoms with van der Waals surface area (Å²) in [5.41, 5.74) is 0.932. The van der Waals surface area contributed by atoms with E-state index in [-0.39, 0.29) is 24.5 Å². The van der Waals surface area contributed by atoms with E-state index in [2.05, 4.69) is 4.74 Å². The number of carbonyl (C=O) groups is 3. The zero-order valence-corrected chi connectivity index (χ0v) is 13.5. The van der Waals surface area contributed by atoms with Crippen molar-refractivity contribution in [3.05, 3.63) is 35.9 Å². The van der Waals surface area contributed by atoms with Crippen LogP contribution in [0.15, 0.2) is 30.3 Å². The number of rotatable bonds is 4. The van der Waals surface area contributed by atoms with Crippen LogP contribution in [-0.2, 0) is 25.7 Å². The third kappa shape index (κ3) is 3.50. The summed E-state index contributed by atoms with van der Waals surface area (Å²) in [6.07, 6.45) is 0.579. The highest BCUT2D eigenvalue weighted by Gasteiger charge is 2.48. The van der Waals surface area contributed by atoms with Crippen LogP contribution in [0.1, 0.15) is 12.0 Å². The largest absolute Gasteiger partial charge is 0.467 e. The molecule has 0 saturated carbocycles. The van der Waals surface area contributed by atoms with E-state index in [0.717, 1.165) is 5.56 Å². The van der Waals surface area contributed by atoms with Crippen molar-refractivity contribution in [2.45, 2.75) is 19.1 Å². The van der Waals surface area contributed by atoms with Crippen molar-refractivity contribution < 1.29 is 23.9 Å². The molecular formula is C17H20N2O5. The second kappa shape index (κ2) is 6.90. The van der Waals surface area contributed by atoms with Crippen LogP contribution in [0.5, 0.6) is 0 Å². The first-order chi connectivity index (χ1) is 11.6. The Morgan fingerprint density at radius 3 is 2.58 bits per heavy atom. The Kier molecular flexibility index (Phi) is 4.69. The van der Waals surface area contributed by atoms with Crippen molar-refractivity contribution in [2.75, 3.05) is 26.7 Å². The summed E-state index contributed by atoms with van der Waals surface area (Å²) in [6.45, 7) is 1.44. The molecule has 2 heterocycles. The van der Waals surface area contributed by atoms with Gasteiger partial charge in [0.05, 0.1) is 19.6 Å². The van der Waals surface area contributed by atoms with Crippen LogP contribution in [0.25, 0.3) is 0 Å². The maximum absolute atomic E-state index is 12.3. The van der Waals surface area contributed by atoms with Gasteiger partial charge < -0.3 is 19.3 Å². The van der Waals surface area contributed by atoms with Crippen LogP contribution in [-0.4, -0.2) is 60.6 Å². The Morgan fingerprint density at radius 2 is 1.88 bits per heavy atom. The van der Waals surface area contributed by atoms with E-state index < -0.39 is 12.0 Å². The number of ether oxygens (including phenoxy) is 2. The Labute approximate surface area is 140 Å². The molecule has 0 spiro atoms. The molecule has 2 atom stereocenters. The molecule has 2 fully saturated rings. The molecule has 2 saturated heterocycles. The molecule has 2 amide bonds. The molecule has 0 N–H and O–H groups in total. The van der Waals surface area contributed by atoms with Crippen LogP contribution in [0.2, 0.25) is 0 Å². The molecule has 1 aromatic carbocycles. The zero-order valence-electron chi connectivity index (χ0n) is 13.5. The van der Waals surface area contributed by atoms with Crippen LogP contribution in [0.4, 0.5) is 4.79 Å². The van der Waals surface area contributed by atoms with Crippen LogP contribution in [0.3, 0.4) is 0 Å². The molecule has 0 unspecified atom stereocenters. The number of amides is 2. The lowest BCUT2D eigenvalue weighted by molar-refractivity contribution is -0.149. The van der Waals surface area contributed by atoms with E-state index >= 15 is 0 Å². The van der Waals surface area contributed by atoms with Gasteiger partial charge >= 0.3 is 18.0 Å². The van der Waals surface area contributed by atoms with Gasteiger partial charge in [-0.1, -0.05) is 30.3 Å². The van der Waals surface area contributed by atoms with Crippen molar-refractivity contribution in [1.29, 1.82) is 0 Å². The highest BCUT2D eigenvalue weighted by Crippen LogP contribution is 2.25. The van der Waals surface area contributed by atoms with Crippen molar-refractivity contribution in [3.8, 4) is 0 Å². The predicted octanol–water partition coefficient (Wildman–Crippen LogP) is 1.03. The van der Waals surface area contributed by atoms with Gasteiger partial charge in [0.25, 0.3) is 0 Å². The molecule has 0 aromatic heterocycles. The number of nitrogens with zero attached hydrogens (tertiary/aromatic N) is 2. The minimum atomic E-state index is -0.480. The number of hydrogen-bond acceptors (Lipinski definition) is 5. The molecule has 7 heteroatoms. The molecular weight excluding hydrogens is 312 g/mol. The topological polar surface area (TPSA) is 75.9 Å². The molecule has 3 rings (SSSR count). The van der Waals surface area contributed by atoms with Crippen LogP contribution in [0, 0.1) is 5.92 Å². The van der Waals surface area contributed by atoms with Gasteiger partial charge in [-0.15, -0.1) is 0 Å². The van der Waals surface area contributed by atoms with Crippen LogP contribution < -0.4 is 0 Å². The lowest BCUT2D eigenvalue weighted by atomic mass is 10.1. The van der Waals surface area contributed by atoms with E-state index in [1.807, 2.05) is 30.3 Å². The predicted molar refractivity (Wildman–Crippen MR) is 83.8 cm³/mol. The molecule has 2 aliphatic heterocycles. The number of carbonyl (C=O) groups excluding carboxylic acids is 3. The summed E-state index contributed by atoms with van der Waals surface area (Å²) in [4.78, 5) is 38.9. The first kappa shape index (κ1) is 16.3. The normalized spacial score (nSPS) is 22.2. The monoisotopic (exact) mass is 332 g/mol. The van der Waals surface area contributed by atoms with Gasteiger partial charge in [0.1, 0.15) is 12.6 Å². The van der Waals surface area contributed by atoms with Gasteiger partial charge in [-0.3, -0.25) is 4.79 Å². The quantitative estimate of drug-likeness (QED) is 0.608. The summed E-state index contributed by atoms with van der Waals surface area (Å²) >= 11 is 0. The number of esters is 2. The lowest BCUT2D eigenvalue weighted by Gasteiger charge is -2.17. The van der Waals surface area contributed by atoms with Gasteiger partial charge in [-0.2, -0.15) is 0 Å². The number of likely N-dealkylation sites (tertiary alicyclic amines) is 1. The Morgan fingerprint density at radius 1 is 1.12 bits per heavy atom. The third-order valence-electron chi connectivity index (χ3n) is 4.35. The molecule has 0 bridgehead atoms. The van der Waals surface area contributed by atoms with Crippen molar-refractivity contribution in [1.82, 2.24) is 9.80 Å². The van der Waals surface area contributed by atoms with E-state index in [1.165, 1.54) is 12.0 Å². The van der Waals surface area contributed by atoms with Gasteiger partial charge in [-0.25, -0.2) is 9.59 Å². The number of hydrogen-bond donors (Lipinski definition) is 0. The van der Waals surface area contributed by atoms with Gasteiger partial charge in [0.15, 0.2) is 0 Å².